The summed E-state index contributed by atoms with van der Waals surface area (Å²) < 4.78 is 4.97. The lowest BCUT2D eigenvalue weighted by molar-refractivity contribution is -0.153. The number of urea groups is 1. The Morgan fingerprint density at radius 1 is 1.29 bits per heavy atom. The number of imide groups is 1. The first-order valence-electron chi connectivity index (χ1n) is 9.09. The van der Waals surface area contributed by atoms with Gasteiger partial charge in [-0.15, -0.1) is 0 Å². The van der Waals surface area contributed by atoms with Gasteiger partial charge in [-0.25, -0.2) is 4.79 Å². The minimum Gasteiger partial charge on any atom is -0.454 e. The molecule has 0 bridgehead atoms. The van der Waals surface area contributed by atoms with Crippen molar-refractivity contribution in [3.63, 3.8) is 0 Å². The lowest BCUT2D eigenvalue weighted by Crippen LogP contribution is -2.44. The van der Waals surface area contributed by atoms with E-state index in [0.29, 0.717) is 24.4 Å². The summed E-state index contributed by atoms with van der Waals surface area (Å²) >= 11 is 5.92. The average molecular weight is 408 g/mol. The number of carbonyl (C=O) groups is 4. The Kier molecular flexibility index (Phi) is 5.88. The maximum atomic E-state index is 12.5. The van der Waals surface area contributed by atoms with E-state index in [1.54, 1.807) is 25.2 Å². The molecule has 8 nitrogen and oxygen atoms in total. The van der Waals surface area contributed by atoms with E-state index >= 15 is 0 Å². The van der Waals surface area contributed by atoms with Crippen molar-refractivity contribution in [2.45, 2.75) is 37.8 Å². The van der Waals surface area contributed by atoms with Crippen LogP contribution >= 0.6 is 11.6 Å². The Hall–Kier alpha value is -2.61. The maximum absolute atomic E-state index is 12.5. The van der Waals surface area contributed by atoms with E-state index in [9.17, 15) is 19.2 Å². The van der Waals surface area contributed by atoms with Gasteiger partial charge in [0.1, 0.15) is 12.1 Å². The molecule has 3 rings (SSSR count). The van der Waals surface area contributed by atoms with Crippen molar-refractivity contribution in [1.29, 1.82) is 0 Å². The molecule has 1 aliphatic carbocycles. The molecule has 1 aromatic rings. The monoisotopic (exact) mass is 407 g/mol. The molecule has 2 fully saturated rings. The first-order chi connectivity index (χ1) is 13.3. The molecule has 4 amide bonds. The third-order valence-corrected chi connectivity index (χ3v) is 5.32. The predicted molar refractivity (Wildman–Crippen MR) is 100 cm³/mol. The van der Waals surface area contributed by atoms with E-state index in [1.807, 2.05) is 6.07 Å². The number of nitrogens with zero attached hydrogens (tertiary/aromatic N) is 2. The van der Waals surface area contributed by atoms with Crippen molar-refractivity contribution in [2.24, 2.45) is 0 Å². The minimum absolute atomic E-state index is 0.312. The largest absolute Gasteiger partial charge is 0.454 e. The zero-order chi connectivity index (χ0) is 20.3. The fraction of sp³-hybridized carbons (Fsp3) is 0.474. The van der Waals surface area contributed by atoms with Crippen LogP contribution in [0.4, 0.5) is 4.79 Å². The van der Waals surface area contributed by atoms with Crippen molar-refractivity contribution in [3.05, 3.63) is 34.9 Å². The van der Waals surface area contributed by atoms with Crippen LogP contribution in [0.5, 0.6) is 0 Å². The summed E-state index contributed by atoms with van der Waals surface area (Å²) in [5.41, 5.74) is -0.0273. The number of hydrogen-bond donors (Lipinski definition) is 1. The molecular formula is C19H22ClN3O5. The molecule has 150 valence electrons. The number of amides is 4. The van der Waals surface area contributed by atoms with Crippen LogP contribution in [-0.4, -0.2) is 59.4 Å². The van der Waals surface area contributed by atoms with Crippen LogP contribution in [0.2, 0.25) is 5.02 Å². The lowest BCUT2D eigenvalue weighted by atomic mass is 9.98. The zero-order valence-corrected chi connectivity index (χ0v) is 16.3. The zero-order valence-electron chi connectivity index (χ0n) is 15.6. The molecule has 28 heavy (non-hydrogen) atoms. The Morgan fingerprint density at radius 2 is 2.00 bits per heavy atom. The quantitative estimate of drug-likeness (QED) is 0.572. The molecule has 9 heteroatoms. The van der Waals surface area contributed by atoms with Gasteiger partial charge in [-0.3, -0.25) is 19.3 Å². The molecule has 1 aromatic carbocycles. The van der Waals surface area contributed by atoms with Gasteiger partial charge in [0.25, 0.3) is 11.8 Å². The van der Waals surface area contributed by atoms with Gasteiger partial charge in [0.05, 0.1) is 0 Å². The highest BCUT2D eigenvalue weighted by Crippen LogP contribution is 2.34. The Balaban J connectivity index is 1.48. The van der Waals surface area contributed by atoms with Crippen LogP contribution in [0.15, 0.2) is 24.3 Å². The van der Waals surface area contributed by atoms with Gasteiger partial charge in [0, 0.05) is 18.6 Å². The number of ether oxygens (including phenoxy) is 1. The molecule has 1 saturated heterocycles. The number of nitrogens with one attached hydrogen (secondary N) is 1. The predicted octanol–water partition coefficient (Wildman–Crippen LogP) is 1.71. The molecule has 0 radical (unpaired) electrons. The third-order valence-electron chi connectivity index (χ3n) is 5.08. The highest BCUT2D eigenvalue weighted by atomic mass is 35.5. The van der Waals surface area contributed by atoms with Crippen LogP contribution in [0.1, 0.15) is 31.2 Å². The van der Waals surface area contributed by atoms with E-state index in [0.717, 1.165) is 23.3 Å². The van der Waals surface area contributed by atoms with Crippen molar-refractivity contribution in [3.8, 4) is 0 Å². The molecule has 1 saturated carbocycles. The number of hydrogen-bond acceptors (Lipinski definition) is 5. The number of benzene rings is 1. The normalized spacial score (nSPS) is 17.7. The molecule has 2 aliphatic rings. The van der Waals surface area contributed by atoms with E-state index < -0.39 is 42.5 Å². The summed E-state index contributed by atoms with van der Waals surface area (Å²) in [6, 6.07) is 6.50. The summed E-state index contributed by atoms with van der Waals surface area (Å²) in [7, 11) is 1.58. The second-order valence-electron chi connectivity index (χ2n) is 7.15. The SMILES string of the molecule is CN(Cc1cccc(Cl)c1)C(=O)COC(=O)CN1C(=O)NC2(CCCC2)C1=O. The van der Waals surface area contributed by atoms with Gasteiger partial charge >= 0.3 is 12.0 Å². The summed E-state index contributed by atoms with van der Waals surface area (Å²) in [5, 5.41) is 3.26. The van der Waals surface area contributed by atoms with Crippen molar-refractivity contribution in [2.75, 3.05) is 20.2 Å². The van der Waals surface area contributed by atoms with Crippen molar-refractivity contribution < 1.29 is 23.9 Å². The molecule has 1 N–H and O–H groups in total. The smallest absolute Gasteiger partial charge is 0.326 e. The fourth-order valence-corrected chi connectivity index (χ4v) is 3.77. The van der Waals surface area contributed by atoms with Crippen LogP contribution in [0, 0.1) is 0 Å². The number of carbonyl (C=O) groups excluding carboxylic acids is 4. The Bertz CT molecular complexity index is 807. The van der Waals surface area contributed by atoms with Gasteiger partial charge in [-0.05, 0) is 30.5 Å². The van der Waals surface area contributed by atoms with Gasteiger partial charge in [0.15, 0.2) is 6.61 Å². The number of likely N-dealkylation sites (N-methyl/N-ethyl adjacent to an activating group) is 1. The molecule has 1 aliphatic heterocycles. The number of halogens is 1. The molecule has 1 spiro atoms. The fourth-order valence-electron chi connectivity index (χ4n) is 3.56. The molecular weight excluding hydrogens is 386 g/mol. The molecule has 0 unspecified atom stereocenters. The first-order valence-corrected chi connectivity index (χ1v) is 9.47. The standard InChI is InChI=1S/C19H22ClN3O5/c1-22(10-13-5-4-6-14(20)9-13)15(24)12-28-16(25)11-23-17(26)19(21-18(23)27)7-2-3-8-19/h4-6,9H,2-3,7-8,10-12H2,1H3,(H,21,27). The number of esters is 1. The van der Waals surface area contributed by atoms with Gasteiger partial charge in [-0.2, -0.15) is 0 Å². The van der Waals surface area contributed by atoms with E-state index in [2.05, 4.69) is 5.32 Å². The lowest BCUT2D eigenvalue weighted by Gasteiger charge is -2.20. The van der Waals surface area contributed by atoms with E-state index in [-0.39, 0.29) is 0 Å². The average Bonchev–Trinajstić information content (AvgIpc) is 3.20. The second-order valence-corrected chi connectivity index (χ2v) is 7.59. The van der Waals surface area contributed by atoms with Crippen LogP contribution in [0.25, 0.3) is 0 Å². The van der Waals surface area contributed by atoms with Crippen LogP contribution in [0.3, 0.4) is 0 Å². The van der Waals surface area contributed by atoms with Crippen molar-refractivity contribution >= 4 is 35.4 Å². The maximum Gasteiger partial charge on any atom is 0.326 e. The summed E-state index contributed by atoms with van der Waals surface area (Å²) in [5.74, 6) is -1.60. The third kappa shape index (κ3) is 4.27. The van der Waals surface area contributed by atoms with Crippen LogP contribution in [-0.2, 0) is 25.7 Å². The highest BCUT2D eigenvalue weighted by Gasteiger charge is 2.52. The van der Waals surface area contributed by atoms with Gasteiger partial charge < -0.3 is 15.0 Å². The highest BCUT2D eigenvalue weighted by molar-refractivity contribution is 6.30. The molecule has 0 atom stereocenters. The van der Waals surface area contributed by atoms with Crippen LogP contribution < -0.4 is 5.32 Å². The topological polar surface area (TPSA) is 96.0 Å². The van der Waals surface area contributed by atoms with Gasteiger partial charge in [0.2, 0.25) is 0 Å². The van der Waals surface area contributed by atoms with E-state index in [1.165, 1.54) is 4.90 Å². The first kappa shape index (κ1) is 20.1. The van der Waals surface area contributed by atoms with Gasteiger partial charge in [-0.1, -0.05) is 36.6 Å². The molecule has 0 aromatic heterocycles. The second kappa shape index (κ2) is 8.18. The Labute approximate surface area is 167 Å². The Morgan fingerprint density at radius 3 is 2.68 bits per heavy atom. The summed E-state index contributed by atoms with van der Waals surface area (Å²) in [6.07, 6.45) is 2.88. The minimum atomic E-state index is -0.871. The van der Waals surface area contributed by atoms with E-state index in [4.69, 9.17) is 16.3 Å². The number of rotatable bonds is 6. The summed E-state index contributed by atoms with van der Waals surface area (Å²) in [4.78, 5) is 51.0. The summed E-state index contributed by atoms with van der Waals surface area (Å²) in [6.45, 7) is -0.658. The molecule has 1 heterocycles. The van der Waals surface area contributed by atoms with Crippen molar-refractivity contribution in [1.82, 2.24) is 15.1 Å².